The molecule has 2 amide bonds. The molecule has 5 nitrogen and oxygen atoms in total. The van der Waals surface area contributed by atoms with Crippen molar-refractivity contribution in [1.29, 1.82) is 0 Å². The maximum Gasteiger partial charge on any atom is 0.339 e. The standard InChI is InChI=1S/C18H16N4O/c23-18(20-16-7-3-1-4-8-16)21-19-13-15-11-12-22(14-15)17-9-5-2-6-10-17/h1-14H,(H2,20,21,23)/b19-13+. The number of carbonyl (C=O) groups excluding carboxylic acids is 1. The van der Waals surface area contributed by atoms with Gasteiger partial charge in [0.05, 0.1) is 6.21 Å². The van der Waals surface area contributed by atoms with Gasteiger partial charge in [-0.05, 0) is 30.3 Å². The van der Waals surface area contributed by atoms with Crippen molar-refractivity contribution in [2.75, 3.05) is 5.32 Å². The summed E-state index contributed by atoms with van der Waals surface area (Å²) >= 11 is 0. The molecule has 23 heavy (non-hydrogen) atoms. The van der Waals surface area contributed by atoms with Gasteiger partial charge in [0.25, 0.3) is 0 Å². The van der Waals surface area contributed by atoms with Crippen molar-refractivity contribution < 1.29 is 4.79 Å². The van der Waals surface area contributed by atoms with Crippen molar-refractivity contribution >= 4 is 17.9 Å². The van der Waals surface area contributed by atoms with E-state index in [0.717, 1.165) is 16.9 Å². The lowest BCUT2D eigenvalue weighted by Gasteiger charge is -2.02. The van der Waals surface area contributed by atoms with E-state index >= 15 is 0 Å². The molecule has 0 saturated carbocycles. The van der Waals surface area contributed by atoms with Crippen molar-refractivity contribution in [3.8, 4) is 5.69 Å². The largest absolute Gasteiger partial charge is 0.339 e. The number of hydrogen-bond acceptors (Lipinski definition) is 2. The van der Waals surface area contributed by atoms with Gasteiger partial charge < -0.3 is 9.88 Å². The Labute approximate surface area is 134 Å². The number of aromatic nitrogens is 1. The first-order chi connectivity index (χ1) is 11.3. The second-order valence-corrected chi connectivity index (χ2v) is 4.88. The van der Waals surface area contributed by atoms with Crippen LogP contribution in [0.2, 0.25) is 0 Å². The van der Waals surface area contributed by atoms with Crippen LogP contribution in [-0.2, 0) is 0 Å². The maximum atomic E-state index is 11.7. The summed E-state index contributed by atoms with van der Waals surface area (Å²) < 4.78 is 1.99. The molecular weight excluding hydrogens is 288 g/mol. The molecule has 0 atom stereocenters. The Kier molecular flexibility index (Phi) is 4.49. The van der Waals surface area contributed by atoms with Gasteiger partial charge in [-0.1, -0.05) is 36.4 Å². The number of carbonyl (C=O) groups is 1. The molecule has 0 spiro atoms. The molecule has 0 aliphatic rings. The number of nitrogens with zero attached hydrogens (tertiary/aromatic N) is 2. The van der Waals surface area contributed by atoms with Gasteiger partial charge in [-0.15, -0.1) is 0 Å². The minimum atomic E-state index is -0.380. The summed E-state index contributed by atoms with van der Waals surface area (Å²) in [5.74, 6) is 0. The highest BCUT2D eigenvalue weighted by Crippen LogP contribution is 2.09. The highest BCUT2D eigenvalue weighted by Gasteiger charge is 1.99. The summed E-state index contributed by atoms with van der Waals surface area (Å²) in [6.07, 6.45) is 5.49. The second kappa shape index (κ2) is 7.09. The lowest BCUT2D eigenvalue weighted by atomic mass is 10.3. The summed E-state index contributed by atoms with van der Waals surface area (Å²) in [6, 6.07) is 20.7. The Morgan fingerprint density at radius 1 is 0.957 bits per heavy atom. The first kappa shape index (κ1) is 14.6. The summed E-state index contributed by atoms with van der Waals surface area (Å²) in [5.41, 5.74) is 5.13. The predicted octanol–water partition coefficient (Wildman–Crippen LogP) is 3.63. The maximum absolute atomic E-state index is 11.7. The Balaban J connectivity index is 1.56. The molecule has 1 heterocycles. The van der Waals surface area contributed by atoms with Gasteiger partial charge in [-0.25, -0.2) is 10.2 Å². The summed E-state index contributed by atoms with van der Waals surface area (Å²) in [6.45, 7) is 0. The summed E-state index contributed by atoms with van der Waals surface area (Å²) in [7, 11) is 0. The van der Waals surface area contributed by atoms with E-state index in [9.17, 15) is 4.79 Å². The second-order valence-electron chi connectivity index (χ2n) is 4.88. The molecule has 1 aromatic heterocycles. The SMILES string of the molecule is O=C(N/N=C/c1ccn(-c2ccccc2)c1)Nc1ccccc1. The van der Waals surface area contributed by atoms with Crippen molar-refractivity contribution in [1.82, 2.24) is 9.99 Å². The fraction of sp³-hybridized carbons (Fsp3) is 0. The average molecular weight is 304 g/mol. The molecule has 0 saturated heterocycles. The first-order valence-electron chi connectivity index (χ1n) is 7.20. The van der Waals surface area contributed by atoms with E-state index in [-0.39, 0.29) is 6.03 Å². The number of para-hydroxylation sites is 2. The van der Waals surface area contributed by atoms with Crippen LogP contribution in [0.5, 0.6) is 0 Å². The molecule has 3 rings (SSSR count). The Morgan fingerprint density at radius 3 is 2.39 bits per heavy atom. The van der Waals surface area contributed by atoms with E-state index < -0.39 is 0 Å². The molecule has 114 valence electrons. The molecule has 0 bridgehead atoms. The van der Waals surface area contributed by atoms with Crippen LogP contribution in [0, 0.1) is 0 Å². The van der Waals surface area contributed by atoms with Crippen LogP contribution in [0.15, 0.2) is 84.2 Å². The van der Waals surface area contributed by atoms with Crippen molar-refractivity contribution in [2.24, 2.45) is 5.10 Å². The van der Waals surface area contributed by atoms with Crippen LogP contribution in [0.25, 0.3) is 5.69 Å². The smallest absolute Gasteiger partial charge is 0.323 e. The number of hydrazone groups is 1. The number of rotatable bonds is 4. The fourth-order valence-electron chi connectivity index (χ4n) is 2.10. The lowest BCUT2D eigenvalue weighted by Crippen LogP contribution is -2.24. The summed E-state index contributed by atoms with van der Waals surface area (Å²) in [4.78, 5) is 11.7. The lowest BCUT2D eigenvalue weighted by molar-refractivity contribution is 0.252. The molecule has 5 heteroatoms. The molecule has 0 fully saturated rings. The van der Waals surface area contributed by atoms with Gasteiger partial charge in [0.1, 0.15) is 0 Å². The van der Waals surface area contributed by atoms with Crippen LogP contribution in [0.3, 0.4) is 0 Å². The Bertz CT molecular complexity index is 794. The molecule has 2 aromatic carbocycles. The number of anilines is 1. The molecule has 0 unspecified atom stereocenters. The normalized spacial score (nSPS) is 10.6. The van der Waals surface area contributed by atoms with Crippen molar-refractivity contribution in [3.05, 3.63) is 84.7 Å². The number of nitrogens with one attached hydrogen (secondary N) is 2. The highest BCUT2D eigenvalue weighted by atomic mass is 16.2. The van der Waals surface area contributed by atoms with Crippen molar-refractivity contribution in [3.63, 3.8) is 0 Å². The molecule has 0 radical (unpaired) electrons. The van der Waals surface area contributed by atoms with Gasteiger partial charge >= 0.3 is 6.03 Å². The summed E-state index contributed by atoms with van der Waals surface area (Å²) in [5, 5.41) is 6.63. The molecule has 2 N–H and O–H groups in total. The molecule has 0 aliphatic carbocycles. The minimum absolute atomic E-state index is 0.380. The zero-order chi connectivity index (χ0) is 15.9. The number of amides is 2. The van der Waals surface area contributed by atoms with Gasteiger partial charge in [0, 0.05) is 29.3 Å². The van der Waals surface area contributed by atoms with Gasteiger partial charge in [-0.3, -0.25) is 0 Å². The van der Waals surface area contributed by atoms with E-state index in [0.29, 0.717) is 0 Å². The Morgan fingerprint density at radius 2 is 1.65 bits per heavy atom. The van der Waals surface area contributed by atoms with E-state index in [1.54, 1.807) is 6.21 Å². The quantitative estimate of drug-likeness (QED) is 0.561. The third-order valence-electron chi connectivity index (χ3n) is 3.18. The van der Waals surface area contributed by atoms with Gasteiger partial charge in [-0.2, -0.15) is 5.10 Å². The first-order valence-corrected chi connectivity index (χ1v) is 7.20. The fourth-order valence-corrected chi connectivity index (χ4v) is 2.10. The van der Waals surface area contributed by atoms with Crippen LogP contribution in [0.4, 0.5) is 10.5 Å². The Hall–Kier alpha value is -3.34. The van der Waals surface area contributed by atoms with Crippen LogP contribution < -0.4 is 10.7 Å². The zero-order valence-electron chi connectivity index (χ0n) is 12.4. The number of benzene rings is 2. The molecular formula is C18H16N4O. The van der Waals surface area contributed by atoms with Gasteiger partial charge in [0.2, 0.25) is 0 Å². The van der Waals surface area contributed by atoms with Crippen LogP contribution in [0.1, 0.15) is 5.56 Å². The number of urea groups is 1. The van der Waals surface area contributed by atoms with Crippen LogP contribution in [-0.4, -0.2) is 16.8 Å². The third-order valence-corrected chi connectivity index (χ3v) is 3.18. The van der Waals surface area contributed by atoms with E-state index in [1.165, 1.54) is 0 Å². The monoisotopic (exact) mass is 304 g/mol. The predicted molar refractivity (Wildman–Crippen MR) is 92.0 cm³/mol. The van der Waals surface area contributed by atoms with Gasteiger partial charge in [0.15, 0.2) is 0 Å². The third kappa shape index (κ3) is 4.07. The minimum Gasteiger partial charge on any atom is -0.323 e. The van der Waals surface area contributed by atoms with Crippen LogP contribution >= 0.6 is 0 Å². The van der Waals surface area contributed by atoms with E-state index in [1.807, 2.05) is 83.7 Å². The highest BCUT2D eigenvalue weighted by molar-refractivity contribution is 5.90. The van der Waals surface area contributed by atoms with Crippen molar-refractivity contribution in [2.45, 2.75) is 0 Å². The van der Waals surface area contributed by atoms with E-state index in [4.69, 9.17) is 0 Å². The average Bonchev–Trinajstić information content (AvgIpc) is 3.05. The number of hydrogen-bond donors (Lipinski definition) is 2. The topological polar surface area (TPSA) is 58.4 Å². The van der Waals surface area contributed by atoms with E-state index in [2.05, 4.69) is 15.8 Å². The molecule has 0 aliphatic heterocycles. The zero-order valence-corrected chi connectivity index (χ0v) is 12.4. The molecule has 3 aromatic rings.